The van der Waals surface area contributed by atoms with E-state index in [4.69, 9.17) is 33.2 Å². The number of carbonyl (C=O) groups excluding carboxylic acids is 1. The van der Waals surface area contributed by atoms with Gasteiger partial charge in [0.05, 0.1) is 37.4 Å². The molecule has 0 aromatic heterocycles. The predicted molar refractivity (Wildman–Crippen MR) is 251 cm³/mol. The van der Waals surface area contributed by atoms with Gasteiger partial charge in [-0.25, -0.2) is 9.59 Å². The van der Waals surface area contributed by atoms with Gasteiger partial charge in [0.25, 0.3) is 0 Å². The third kappa shape index (κ3) is 8.95. The molecular weight excluding hydrogens is 945 g/mol. The third-order valence-corrected chi connectivity index (χ3v) is 20.0. The molecule has 0 aromatic carbocycles. The molecule has 0 unspecified atom stereocenters. The number of ether oxygens (including phenoxy) is 7. The zero-order valence-corrected chi connectivity index (χ0v) is 43.1. The number of aliphatic carboxylic acids is 1. The van der Waals surface area contributed by atoms with E-state index < -0.39 is 139 Å². The SMILES string of the molecule is C/C=C(\C)C(=O)O[C@H]1CC(C)(C)C[C@H]2C3=CC[C@@H]4[C@@]5(C)CC[C@H](O[C@@H]6O[C@H](C(=O)O)[C@@H](O)[C@H](O[C@@H]7O[C@H](CO)[C@@H](O)[C@H](O)[C@H]7O)[C@H]6O)C(C)(C)[C@@H]5CC[C@@]4(C)[C@]3(C)C[C@H](O)[C@@]12CO[C@@H]1OC[C@@H](O)[C@H](O)[C@H]1O. The molecule has 410 valence electrons. The van der Waals surface area contributed by atoms with Crippen LogP contribution in [0.15, 0.2) is 23.3 Å². The van der Waals surface area contributed by atoms with Gasteiger partial charge in [-0.2, -0.15) is 0 Å². The van der Waals surface area contributed by atoms with Crippen LogP contribution in [0.2, 0.25) is 0 Å². The topological polar surface area (TPSA) is 321 Å². The van der Waals surface area contributed by atoms with E-state index in [9.17, 15) is 65.8 Å². The van der Waals surface area contributed by atoms with Crippen LogP contribution in [0, 0.1) is 50.2 Å². The number of carboxylic acid groups (broad SMARTS) is 1. The lowest BCUT2D eigenvalue weighted by Crippen LogP contribution is -2.70. The molecule has 3 saturated heterocycles. The normalized spacial score (nSPS) is 51.1. The van der Waals surface area contributed by atoms with Crippen molar-refractivity contribution < 1.29 is 98.9 Å². The number of aliphatic hydroxyl groups is 10. The van der Waals surface area contributed by atoms with Crippen molar-refractivity contribution >= 4 is 11.9 Å². The molecule has 11 N–H and O–H groups in total. The third-order valence-electron chi connectivity index (χ3n) is 20.0. The summed E-state index contributed by atoms with van der Waals surface area (Å²) in [6, 6.07) is 0. The highest BCUT2D eigenvalue weighted by molar-refractivity contribution is 5.87. The first-order valence-electron chi connectivity index (χ1n) is 25.9. The number of hydrogen-bond donors (Lipinski definition) is 11. The molecule has 24 atom stereocenters. The monoisotopic (exact) mass is 1030 g/mol. The highest BCUT2D eigenvalue weighted by atomic mass is 16.7. The van der Waals surface area contributed by atoms with Gasteiger partial charge >= 0.3 is 11.9 Å². The van der Waals surface area contributed by atoms with Gasteiger partial charge < -0.3 is 89.3 Å². The summed E-state index contributed by atoms with van der Waals surface area (Å²) in [5, 5.41) is 119. The summed E-state index contributed by atoms with van der Waals surface area (Å²) in [6.45, 7) is 17.7. The fraction of sp³-hybridized carbons (Fsp3) is 0.885. The van der Waals surface area contributed by atoms with Gasteiger partial charge in [-0.15, -0.1) is 0 Å². The standard InChI is InChI=1S/C52H82O20/c1-10-23(2)43(65)69-32-19-47(3,4)17-25-24-11-12-29-49(7)15-14-31(70-46-39(62)40(38(61)41(72-46)42(63)64)71-45-37(60)35(58)34(57)27(20-53)68-45)48(5,6)28(49)13-16-50(29,8)51(24,9)18-30(55)52(25,32)22-67-44-36(59)33(56)26(54)21-66-44/h10-11,25-41,44-46,53-62H,12-22H2,1-9H3,(H,63,64)/b23-10+/t25-,26+,27+,28-,29+,30-,31-,32-,33-,34+,35-,36+,37+,38-,39+,40-,41-,44-,45-,46+,49-,50+,51+,52-/m0/s1. The fourth-order valence-electron chi connectivity index (χ4n) is 15.5. The molecule has 20 nitrogen and oxygen atoms in total. The predicted octanol–water partition coefficient (Wildman–Crippen LogP) is 0.804. The fourth-order valence-corrected chi connectivity index (χ4v) is 15.5. The maximum Gasteiger partial charge on any atom is 0.335 e. The van der Waals surface area contributed by atoms with Crippen molar-refractivity contribution in [3.05, 3.63) is 23.3 Å². The molecule has 3 heterocycles. The van der Waals surface area contributed by atoms with Crippen LogP contribution in [0.25, 0.3) is 0 Å². The Bertz CT molecular complexity index is 2060. The lowest BCUT2D eigenvalue weighted by atomic mass is 9.33. The Morgan fingerprint density at radius 1 is 0.750 bits per heavy atom. The molecule has 72 heavy (non-hydrogen) atoms. The molecule has 7 fully saturated rings. The molecule has 0 aromatic rings. The van der Waals surface area contributed by atoms with E-state index in [1.54, 1.807) is 19.9 Å². The summed E-state index contributed by atoms with van der Waals surface area (Å²) in [5.74, 6) is -2.28. The van der Waals surface area contributed by atoms with Crippen LogP contribution >= 0.6 is 0 Å². The minimum Gasteiger partial charge on any atom is -0.479 e. The average Bonchev–Trinajstić information content (AvgIpc) is 3.30. The Balaban J connectivity index is 1.08. The van der Waals surface area contributed by atoms with E-state index in [2.05, 4.69) is 54.5 Å². The van der Waals surface area contributed by atoms with Crippen molar-refractivity contribution in [2.75, 3.05) is 19.8 Å². The first-order valence-corrected chi connectivity index (χ1v) is 25.9. The molecule has 4 saturated carbocycles. The average molecular weight is 1030 g/mol. The number of carbonyl (C=O) groups is 2. The zero-order chi connectivity index (χ0) is 53.0. The Labute approximate surface area is 421 Å². The maximum atomic E-state index is 13.7. The Kier molecular flexibility index (Phi) is 15.5. The Hall–Kier alpha value is -2.22. The number of carboxylic acids is 1. The first kappa shape index (κ1) is 56.0. The van der Waals surface area contributed by atoms with Crippen LogP contribution in [-0.2, 0) is 42.7 Å². The van der Waals surface area contributed by atoms with Crippen LogP contribution in [0.4, 0.5) is 0 Å². The van der Waals surface area contributed by atoms with Crippen LogP contribution in [0.3, 0.4) is 0 Å². The second-order valence-electron chi connectivity index (χ2n) is 24.7. The first-order chi connectivity index (χ1) is 33.5. The number of esters is 1. The van der Waals surface area contributed by atoms with Crippen molar-refractivity contribution in [1.82, 2.24) is 0 Å². The molecule has 0 bridgehead atoms. The van der Waals surface area contributed by atoms with Crippen molar-refractivity contribution in [1.29, 1.82) is 0 Å². The molecule has 8 aliphatic rings. The molecule has 0 amide bonds. The number of rotatable bonds is 11. The van der Waals surface area contributed by atoms with Gasteiger partial charge in [-0.3, -0.25) is 0 Å². The molecule has 0 radical (unpaired) electrons. The van der Waals surface area contributed by atoms with Crippen LogP contribution in [-0.4, -0.2) is 192 Å². The minimum absolute atomic E-state index is 0.0344. The van der Waals surface area contributed by atoms with E-state index in [0.29, 0.717) is 44.1 Å². The summed E-state index contributed by atoms with van der Waals surface area (Å²) in [6.07, 6.45) is -17.1. The maximum absolute atomic E-state index is 13.7. The van der Waals surface area contributed by atoms with Crippen LogP contribution in [0.1, 0.15) is 114 Å². The lowest BCUT2D eigenvalue weighted by molar-refractivity contribution is -0.365. The quantitative estimate of drug-likeness (QED) is 0.0590. The van der Waals surface area contributed by atoms with Gasteiger partial charge in [0.15, 0.2) is 25.0 Å². The number of hydrogen-bond acceptors (Lipinski definition) is 19. The second-order valence-corrected chi connectivity index (χ2v) is 24.7. The van der Waals surface area contributed by atoms with Gasteiger partial charge in [0.1, 0.15) is 67.1 Å². The highest BCUT2D eigenvalue weighted by Gasteiger charge is 2.72. The molecule has 20 heteroatoms. The number of allylic oxidation sites excluding steroid dienone is 3. The Morgan fingerprint density at radius 2 is 1.42 bits per heavy atom. The Morgan fingerprint density at radius 3 is 2.07 bits per heavy atom. The van der Waals surface area contributed by atoms with E-state index in [1.807, 2.05) is 0 Å². The van der Waals surface area contributed by atoms with Crippen molar-refractivity contribution in [3.63, 3.8) is 0 Å². The zero-order valence-electron chi connectivity index (χ0n) is 43.1. The highest BCUT2D eigenvalue weighted by Crippen LogP contribution is 2.76. The summed E-state index contributed by atoms with van der Waals surface area (Å²) in [5.41, 5.74) is -1.76. The molecule has 5 aliphatic carbocycles. The number of fused-ring (bicyclic) bond motifs is 7. The second kappa shape index (κ2) is 20.0. The molecule has 0 spiro atoms. The smallest absolute Gasteiger partial charge is 0.335 e. The lowest BCUT2D eigenvalue weighted by Gasteiger charge is -2.72. The largest absolute Gasteiger partial charge is 0.479 e. The van der Waals surface area contributed by atoms with Crippen molar-refractivity contribution in [2.45, 2.75) is 218 Å². The minimum atomic E-state index is -1.99. The molecular formula is C52H82O20. The summed E-state index contributed by atoms with van der Waals surface area (Å²) < 4.78 is 42.2. The van der Waals surface area contributed by atoms with Crippen LogP contribution in [0.5, 0.6) is 0 Å². The van der Waals surface area contributed by atoms with Crippen molar-refractivity contribution in [3.8, 4) is 0 Å². The van der Waals surface area contributed by atoms with E-state index in [0.717, 1.165) is 12.8 Å². The van der Waals surface area contributed by atoms with E-state index in [-0.39, 0.29) is 47.2 Å². The summed E-state index contributed by atoms with van der Waals surface area (Å²) >= 11 is 0. The van der Waals surface area contributed by atoms with Gasteiger partial charge in [-0.1, -0.05) is 66.2 Å². The van der Waals surface area contributed by atoms with Gasteiger partial charge in [-0.05, 0) is 110 Å². The van der Waals surface area contributed by atoms with Gasteiger partial charge in [0, 0.05) is 5.57 Å². The summed E-state index contributed by atoms with van der Waals surface area (Å²) in [4.78, 5) is 26.2. The van der Waals surface area contributed by atoms with Crippen LogP contribution < -0.4 is 0 Å². The summed E-state index contributed by atoms with van der Waals surface area (Å²) in [7, 11) is 0. The molecule has 8 rings (SSSR count). The van der Waals surface area contributed by atoms with Gasteiger partial charge in [0.2, 0.25) is 0 Å². The van der Waals surface area contributed by atoms with E-state index in [1.165, 1.54) is 5.57 Å². The molecule has 3 aliphatic heterocycles. The van der Waals surface area contributed by atoms with E-state index >= 15 is 0 Å². The number of aliphatic hydroxyl groups excluding tert-OH is 10. The van der Waals surface area contributed by atoms with Crippen molar-refractivity contribution in [2.24, 2.45) is 50.2 Å².